The van der Waals surface area contributed by atoms with Gasteiger partial charge in [-0.2, -0.15) is 0 Å². The van der Waals surface area contributed by atoms with Crippen molar-refractivity contribution in [1.29, 1.82) is 0 Å². The summed E-state index contributed by atoms with van der Waals surface area (Å²) in [6.45, 7) is 1.57. The normalized spacial score (nSPS) is 9.96. The first-order chi connectivity index (χ1) is 11.4. The van der Waals surface area contributed by atoms with Crippen molar-refractivity contribution in [3.05, 3.63) is 58.1 Å². The standard InChI is InChI=1S/C16H15Cl2N3O3/c1-10-7-12(18)5-6-14(10)24-9-15(22)20-21-16(23)19-13-4-2-3-11(17)8-13/h2-8H,9H2,1H3,(H,20,22)(H2,19,21,23). The lowest BCUT2D eigenvalue weighted by Crippen LogP contribution is -2.45. The molecule has 0 heterocycles. The van der Waals surface area contributed by atoms with Gasteiger partial charge < -0.3 is 10.1 Å². The second kappa shape index (κ2) is 8.42. The number of halogens is 2. The molecule has 0 atom stereocenters. The molecule has 0 bridgehead atoms. The van der Waals surface area contributed by atoms with E-state index in [0.717, 1.165) is 5.56 Å². The van der Waals surface area contributed by atoms with Gasteiger partial charge in [-0.05, 0) is 48.9 Å². The Bertz CT molecular complexity index is 753. The number of hydrogen-bond acceptors (Lipinski definition) is 3. The van der Waals surface area contributed by atoms with Gasteiger partial charge in [0, 0.05) is 15.7 Å². The molecule has 0 unspecified atom stereocenters. The number of nitrogens with one attached hydrogen (secondary N) is 3. The molecule has 0 saturated carbocycles. The zero-order valence-corrected chi connectivity index (χ0v) is 14.2. The van der Waals surface area contributed by atoms with Crippen LogP contribution in [-0.2, 0) is 4.79 Å². The Morgan fingerprint density at radius 3 is 2.50 bits per heavy atom. The summed E-state index contributed by atoms with van der Waals surface area (Å²) in [5.74, 6) is 0.0310. The van der Waals surface area contributed by atoms with Crippen molar-refractivity contribution in [2.24, 2.45) is 0 Å². The number of amides is 3. The predicted molar refractivity (Wildman–Crippen MR) is 93.4 cm³/mol. The fourth-order valence-electron chi connectivity index (χ4n) is 1.81. The molecular weight excluding hydrogens is 353 g/mol. The van der Waals surface area contributed by atoms with Crippen LogP contribution in [-0.4, -0.2) is 18.5 Å². The Labute approximate surface area is 149 Å². The smallest absolute Gasteiger partial charge is 0.337 e. The summed E-state index contributed by atoms with van der Waals surface area (Å²) in [5.41, 5.74) is 5.76. The second-order valence-corrected chi connectivity index (χ2v) is 5.71. The minimum Gasteiger partial charge on any atom is -0.483 e. The summed E-state index contributed by atoms with van der Waals surface area (Å²) < 4.78 is 5.36. The van der Waals surface area contributed by atoms with Crippen molar-refractivity contribution in [3.8, 4) is 5.75 Å². The largest absolute Gasteiger partial charge is 0.483 e. The van der Waals surface area contributed by atoms with Crippen molar-refractivity contribution in [3.63, 3.8) is 0 Å². The summed E-state index contributed by atoms with van der Waals surface area (Å²) in [6, 6.07) is 11.1. The number of carbonyl (C=O) groups excluding carboxylic acids is 2. The average Bonchev–Trinajstić information content (AvgIpc) is 2.52. The third-order valence-electron chi connectivity index (χ3n) is 2.89. The van der Waals surface area contributed by atoms with Gasteiger partial charge in [0.1, 0.15) is 5.75 Å². The van der Waals surface area contributed by atoms with Crippen molar-refractivity contribution >= 4 is 40.8 Å². The van der Waals surface area contributed by atoms with E-state index < -0.39 is 11.9 Å². The number of carbonyl (C=O) groups is 2. The Morgan fingerprint density at radius 1 is 1.04 bits per heavy atom. The summed E-state index contributed by atoms with van der Waals surface area (Å²) in [4.78, 5) is 23.3. The third-order valence-corrected chi connectivity index (χ3v) is 3.36. The van der Waals surface area contributed by atoms with Gasteiger partial charge in [-0.15, -0.1) is 0 Å². The minimum absolute atomic E-state index is 0.250. The van der Waals surface area contributed by atoms with Crippen LogP contribution in [0.2, 0.25) is 10.0 Å². The number of aryl methyl sites for hydroxylation is 1. The molecule has 0 aliphatic heterocycles. The van der Waals surface area contributed by atoms with Crippen LogP contribution in [0.4, 0.5) is 10.5 Å². The maximum atomic E-state index is 11.7. The van der Waals surface area contributed by atoms with Gasteiger partial charge in [-0.25, -0.2) is 10.2 Å². The number of rotatable bonds is 4. The van der Waals surface area contributed by atoms with E-state index in [-0.39, 0.29) is 6.61 Å². The lowest BCUT2D eigenvalue weighted by atomic mass is 10.2. The van der Waals surface area contributed by atoms with Crippen molar-refractivity contribution in [2.75, 3.05) is 11.9 Å². The molecule has 0 aromatic heterocycles. The number of benzene rings is 2. The molecule has 0 aliphatic rings. The van der Waals surface area contributed by atoms with Gasteiger partial charge >= 0.3 is 6.03 Å². The first-order valence-corrected chi connectivity index (χ1v) is 7.70. The van der Waals surface area contributed by atoms with Crippen LogP contribution in [0.15, 0.2) is 42.5 Å². The molecule has 0 spiro atoms. The molecule has 2 aromatic carbocycles. The van der Waals surface area contributed by atoms with E-state index in [1.807, 2.05) is 6.92 Å². The highest BCUT2D eigenvalue weighted by molar-refractivity contribution is 6.31. The number of anilines is 1. The van der Waals surface area contributed by atoms with Gasteiger partial charge in [-0.1, -0.05) is 29.3 Å². The zero-order valence-electron chi connectivity index (χ0n) is 12.7. The Balaban J connectivity index is 1.75. The topological polar surface area (TPSA) is 79.5 Å². The Hall–Kier alpha value is -2.44. The highest BCUT2D eigenvalue weighted by Crippen LogP contribution is 2.21. The molecule has 0 radical (unpaired) electrons. The van der Waals surface area contributed by atoms with Crippen molar-refractivity contribution in [1.82, 2.24) is 10.9 Å². The number of hydrogen-bond donors (Lipinski definition) is 3. The van der Waals surface area contributed by atoms with E-state index in [0.29, 0.717) is 21.5 Å². The Kier molecular flexibility index (Phi) is 6.28. The maximum Gasteiger partial charge on any atom is 0.337 e. The number of ether oxygens (including phenoxy) is 1. The number of urea groups is 1. The summed E-state index contributed by atoms with van der Waals surface area (Å²) >= 11 is 11.7. The van der Waals surface area contributed by atoms with Crippen molar-refractivity contribution < 1.29 is 14.3 Å². The monoisotopic (exact) mass is 367 g/mol. The summed E-state index contributed by atoms with van der Waals surface area (Å²) in [6.07, 6.45) is 0. The zero-order chi connectivity index (χ0) is 17.5. The predicted octanol–water partition coefficient (Wildman–Crippen LogP) is 3.53. The van der Waals surface area contributed by atoms with Crippen LogP contribution in [0.1, 0.15) is 5.56 Å². The van der Waals surface area contributed by atoms with E-state index in [2.05, 4.69) is 16.2 Å². The SMILES string of the molecule is Cc1cc(Cl)ccc1OCC(=O)NNC(=O)Nc1cccc(Cl)c1. The first-order valence-electron chi connectivity index (χ1n) is 6.94. The van der Waals surface area contributed by atoms with Crippen LogP contribution in [0.3, 0.4) is 0 Å². The van der Waals surface area contributed by atoms with Gasteiger partial charge in [0.05, 0.1) is 0 Å². The molecule has 3 N–H and O–H groups in total. The van der Waals surface area contributed by atoms with Gasteiger partial charge in [0.15, 0.2) is 6.61 Å². The first kappa shape index (κ1) is 17.9. The molecule has 126 valence electrons. The molecule has 8 heteroatoms. The Morgan fingerprint density at radius 2 is 1.79 bits per heavy atom. The van der Waals surface area contributed by atoms with E-state index in [9.17, 15) is 9.59 Å². The molecule has 0 aliphatic carbocycles. The summed E-state index contributed by atoms with van der Waals surface area (Å²) in [5, 5.41) is 3.60. The van der Waals surface area contributed by atoms with Crippen LogP contribution >= 0.6 is 23.2 Å². The fraction of sp³-hybridized carbons (Fsp3) is 0.125. The van der Waals surface area contributed by atoms with Crippen LogP contribution in [0, 0.1) is 6.92 Å². The average molecular weight is 368 g/mol. The maximum absolute atomic E-state index is 11.7. The van der Waals surface area contributed by atoms with Crippen LogP contribution in [0.5, 0.6) is 5.75 Å². The molecule has 0 saturated heterocycles. The highest BCUT2D eigenvalue weighted by atomic mass is 35.5. The minimum atomic E-state index is -0.603. The molecule has 0 fully saturated rings. The number of hydrazine groups is 1. The van der Waals surface area contributed by atoms with Gasteiger partial charge in [0.25, 0.3) is 5.91 Å². The fourth-order valence-corrected chi connectivity index (χ4v) is 2.23. The quantitative estimate of drug-likeness (QED) is 0.723. The van der Waals surface area contributed by atoms with E-state index in [4.69, 9.17) is 27.9 Å². The molecular formula is C16H15Cl2N3O3. The molecule has 2 rings (SSSR count). The van der Waals surface area contributed by atoms with E-state index >= 15 is 0 Å². The molecule has 6 nitrogen and oxygen atoms in total. The van der Waals surface area contributed by atoms with Crippen LogP contribution < -0.4 is 20.9 Å². The molecule has 3 amide bonds. The van der Waals surface area contributed by atoms with E-state index in [1.165, 1.54) is 0 Å². The second-order valence-electron chi connectivity index (χ2n) is 4.84. The van der Waals surface area contributed by atoms with E-state index in [1.54, 1.807) is 42.5 Å². The molecule has 24 heavy (non-hydrogen) atoms. The molecule has 2 aromatic rings. The van der Waals surface area contributed by atoms with Gasteiger partial charge in [-0.3, -0.25) is 10.2 Å². The lowest BCUT2D eigenvalue weighted by Gasteiger charge is -2.11. The van der Waals surface area contributed by atoms with Gasteiger partial charge in [0.2, 0.25) is 0 Å². The highest BCUT2D eigenvalue weighted by Gasteiger charge is 2.07. The van der Waals surface area contributed by atoms with Crippen molar-refractivity contribution in [2.45, 2.75) is 6.92 Å². The summed E-state index contributed by atoms with van der Waals surface area (Å²) in [7, 11) is 0. The third kappa shape index (κ3) is 5.64. The van der Waals surface area contributed by atoms with Crippen LogP contribution in [0.25, 0.3) is 0 Å². The lowest BCUT2D eigenvalue weighted by molar-refractivity contribution is -0.123.